The molecule has 7 atom stereocenters. The van der Waals surface area contributed by atoms with Crippen LogP contribution in [0.1, 0.15) is 153 Å². The van der Waals surface area contributed by atoms with Crippen LogP contribution in [0.2, 0.25) is 0 Å². The summed E-state index contributed by atoms with van der Waals surface area (Å²) in [5.74, 6) is 3.27. The zero-order chi connectivity index (χ0) is 49.6. The first-order chi connectivity index (χ1) is 33.8. The van der Waals surface area contributed by atoms with Crippen LogP contribution in [0, 0.1) is 30.6 Å². The summed E-state index contributed by atoms with van der Waals surface area (Å²) in [5.41, 5.74) is 9.87. The number of nitrogens with one attached hydrogen (secondary N) is 4. The molecule has 2 aromatic carbocycles. The summed E-state index contributed by atoms with van der Waals surface area (Å²) in [6.07, 6.45) is 14.1. The molecule has 2 aromatic heterocycles. The molecule has 0 bridgehead atoms. The van der Waals surface area contributed by atoms with Gasteiger partial charge in [-0.3, -0.25) is 20.2 Å². The highest BCUT2D eigenvalue weighted by Gasteiger charge is 2.40. The average Bonchev–Trinajstić information content (AvgIpc) is 4.21. The first-order valence-electron chi connectivity index (χ1n) is 26.0. The number of hydrogen-bond acceptors (Lipinski definition) is 11. The van der Waals surface area contributed by atoms with Crippen LogP contribution in [0.4, 0.5) is 0 Å². The van der Waals surface area contributed by atoms with Gasteiger partial charge in [0.15, 0.2) is 0 Å². The van der Waals surface area contributed by atoms with Crippen LogP contribution < -0.4 is 15.4 Å². The van der Waals surface area contributed by atoms with Gasteiger partial charge in [-0.05, 0) is 123 Å². The zero-order valence-corrected chi connectivity index (χ0v) is 43.0. The summed E-state index contributed by atoms with van der Waals surface area (Å²) in [5, 5.41) is 16.4. The number of ether oxygens (including phenoxy) is 2. The van der Waals surface area contributed by atoms with Crippen molar-refractivity contribution in [2.45, 2.75) is 156 Å². The smallest absolute Gasteiger partial charge is 0.240 e. The average molecular weight is 963 g/mol. The maximum atomic E-state index is 14.0. The summed E-state index contributed by atoms with van der Waals surface area (Å²) < 4.78 is 12.4. The van der Waals surface area contributed by atoms with Crippen LogP contribution in [0.25, 0.3) is 33.7 Å². The minimum absolute atomic E-state index is 0.0407. The second-order valence-corrected chi connectivity index (χ2v) is 20.8. The Kier molecular flexibility index (Phi) is 17.0. The first kappa shape index (κ1) is 51.5. The molecule has 1 saturated carbocycles. The van der Waals surface area contributed by atoms with Crippen LogP contribution in [0.3, 0.4) is 0 Å². The minimum atomic E-state index is -1.24. The van der Waals surface area contributed by atoms with Gasteiger partial charge in [0, 0.05) is 36.9 Å². The SMILES string of the molecule is CCC1CC(=C(C)c2cc(-c3cnc(C4CCCN4C(=O)C(NCOOC)C(C)C)[nH]3)ccc2C)c2ccc(-c3cnc(C4CCCN4C(=O)C(NC(O)OC)C(C)C)[nH]3)cc2OC1C1CCCCC1. The number of hydrogen-bond donors (Lipinski definition) is 5. The Bertz CT molecular complexity index is 2440. The molecule has 5 heterocycles. The van der Waals surface area contributed by atoms with Crippen molar-refractivity contribution in [1.82, 2.24) is 40.4 Å². The van der Waals surface area contributed by atoms with Crippen molar-refractivity contribution in [3.8, 4) is 28.3 Å². The van der Waals surface area contributed by atoms with Crippen LogP contribution in [0.15, 0.2) is 48.8 Å². The normalized spacial score (nSPS) is 23.1. The van der Waals surface area contributed by atoms with E-state index >= 15 is 0 Å². The van der Waals surface area contributed by atoms with Gasteiger partial charge in [0.1, 0.15) is 30.2 Å². The van der Waals surface area contributed by atoms with Crippen molar-refractivity contribution >= 4 is 23.0 Å². The molecule has 8 rings (SSSR count). The Morgan fingerprint density at radius 1 is 0.829 bits per heavy atom. The molecule has 0 radical (unpaired) electrons. The number of benzene rings is 2. The Labute approximate surface area is 414 Å². The molecule has 5 N–H and O–H groups in total. The van der Waals surface area contributed by atoms with Crippen LogP contribution in [0.5, 0.6) is 5.75 Å². The number of amides is 2. The number of aromatic amines is 2. The summed E-state index contributed by atoms with van der Waals surface area (Å²) in [4.78, 5) is 58.6. The number of allylic oxidation sites excluding steroid dienone is 2. The van der Waals surface area contributed by atoms with E-state index in [1.165, 1.54) is 68.6 Å². The molecule has 7 unspecified atom stereocenters. The second kappa shape index (κ2) is 23.1. The summed E-state index contributed by atoms with van der Waals surface area (Å²) in [7, 11) is 2.87. The number of imidazole rings is 2. The van der Waals surface area contributed by atoms with E-state index in [1.807, 2.05) is 49.9 Å². The van der Waals surface area contributed by atoms with Crippen molar-refractivity contribution in [3.63, 3.8) is 0 Å². The van der Waals surface area contributed by atoms with Crippen molar-refractivity contribution in [3.05, 3.63) is 77.1 Å². The van der Waals surface area contributed by atoms with Gasteiger partial charge >= 0.3 is 0 Å². The zero-order valence-electron chi connectivity index (χ0n) is 43.0. The lowest BCUT2D eigenvalue weighted by Crippen LogP contribution is -2.52. The molecular formula is C55H78N8O7. The molecule has 3 aliphatic heterocycles. The topological polar surface area (TPSA) is 179 Å². The minimum Gasteiger partial charge on any atom is -0.489 e. The number of nitrogens with zero attached hydrogens (tertiary/aromatic N) is 4. The van der Waals surface area contributed by atoms with Gasteiger partial charge in [-0.15, -0.1) is 0 Å². The number of carbonyl (C=O) groups excluding carboxylic acids is 2. The molecule has 2 saturated heterocycles. The van der Waals surface area contributed by atoms with Gasteiger partial charge in [0.25, 0.3) is 0 Å². The molecule has 380 valence electrons. The van der Waals surface area contributed by atoms with E-state index in [-0.39, 0.29) is 48.6 Å². The van der Waals surface area contributed by atoms with E-state index in [0.29, 0.717) is 24.9 Å². The van der Waals surface area contributed by atoms with Gasteiger partial charge in [0.05, 0.1) is 55.1 Å². The molecule has 1 aliphatic carbocycles. The lowest BCUT2D eigenvalue weighted by Gasteiger charge is -2.34. The Morgan fingerprint density at radius 3 is 2.01 bits per heavy atom. The second-order valence-electron chi connectivity index (χ2n) is 20.8. The summed E-state index contributed by atoms with van der Waals surface area (Å²) >= 11 is 0. The Morgan fingerprint density at radius 2 is 1.43 bits per heavy atom. The molecular weight excluding hydrogens is 885 g/mol. The number of aryl methyl sites for hydroxylation is 1. The van der Waals surface area contributed by atoms with Crippen molar-refractivity contribution in [2.75, 3.05) is 34.0 Å². The van der Waals surface area contributed by atoms with Crippen LogP contribution >= 0.6 is 0 Å². The molecule has 70 heavy (non-hydrogen) atoms. The number of carbonyl (C=O) groups is 2. The lowest BCUT2D eigenvalue weighted by molar-refractivity contribution is -0.278. The summed E-state index contributed by atoms with van der Waals surface area (Å²) in [6, 6.07) is 11.9. The third-order valence-electron chi connectivity index (χ3n) is 15.6. The fourth-order valence-corrected chi connectivity index (χ4v) is 11.7. The largest absolute Gasteiger partial charge is 0.489 e. The fraction of sp³-hybridized carbons (Fsp3) is 0.600. The van der Waals surface area contributed by atoms with E-state index in [1.54, 1.807) is 0 Å². The van der Waals surface area contributed by atoms with Crippen LogP contribution in [-0.4, -0.2) is 105 Å². The number of methoxy groups -OCH3 is 1. The molecule has 4 aromatic rings. The molecule has 0 spiro atoms. The molecule has 15 nitrogen and oxygen atoms in total. The highest BCUT2D eigenvalue weighted by molar-refractivity contribution is 5.94. The highest BCUT2D eigenvalue weighted by Crippen LogP contribution is 2.47. The Balaban J connectivity index is 1.10. The number of rotatable bonds is 18. The predicted octanol–water partition coefficient (Wildman–Crippen LogP) is 9.48. The van der Waals surface area contributed by atoms with E-state index in [4.69, 9.17) is 29.2 Å². The molecule has 4 aliphatic rings. The van der Waals surface area contributed by atoms with Crippen LogP contribution in [-0.2, 0) is 24.1 Å². The third-order valence-corrected chi connectivity index (χ3v) is 15.6. The standard InChI is InChI=1S/C55H78N8O7/c1-10-36-26-42(35(7)41-27-38(21-20-34(41)6)43-29-56-51(59-43)45-18-14-24-62(45)53(64)48(32(2)3)58-31-69-68-9)40-23-22-39(28-47(40)70-50(36)37-16-12-11-13-17-37)44-30-57-52(60-44)46-19-15-25-63(46)54(65)49(33(4)5)61-55(66)67-8/h20-23,27-30,32-33,36-37,45-46,48-50,55,58,61,66H,10-19,24-26,31H2,1-9H3,(H,56,59)(H,57,60). The first-order valence-corrected chi connectivity index (χ1v) is 26.0. The number of H-pyrrole nitrogens is 2. The fourth-order valence-electron chi connectivity index (χ4n) is 11.7. The van der Waals surface area contributed by atoms with E-state index in [0.717, 1.165) is 84.0 Å². The predicted molar refractivity (Wildman–Crippen MR) is 272 cm³/mol. The lowest BCUT2D eigenvalue weighted by atomic mass is 9.76. The molecule has 2 amide bonds. The molecule has 15 heteroatoms. The molecule has 3 fully saturated rings. The van der Waals surface area contributed by atoms with Gasteiger partial charge < -0.3 is 34.3 Å². The highest BCUT2D eigenvalue weighted by atomic mass is 17.2. The summed E-state index contributed by atoms with van der Waals surface area (Å²) in [6.45, 7) is 16.2. The number of likely N-dealkylation sites (tertiary alicyclic amines) is 2. The van der Waals surface area contributed by atoms with E-state index in [2.05, 4.69) is 77.8 Å². The third kappa shape index (κ3) is 11.1. The van der Waals surface area contributed by atoms with Crippen molar-refractivity contribution < 1.29 is 33.9 Å². The van der Waals surface area contributed by atoms with Gasteiger partial charge in [-0.2, -0.15) is 0 Å². The van der Waals surface area contributed by atoms with Gasteiger partial charge in [-0.1, -0.05) is 78.1 Å². The maximum Gasteiger partial charge on any atom is 0.240 e. The maximum absolute atomic E-state index is 14.0. The number of aliphatic hydroxyl groups excluding tert-OH is 1. The van der Waals surface area contributed by atoms with E-state index < -0.39 is 18.5 Å². The number of fused-ring (bicyclic) bond motifs is 1. The number of aromatic nitrogens is 4. The van der Waals surface area contributed by atoms with E-state index in [9.17, 15) is 14.7 Å². The monoisotopic (exact) mass is 963 g/mol. The Hall–Kier alpha value is -4.90. The van der Waals surface area contributed by atoms with Gasteiger partial charge in [0.2, 0.25) is 18.2 Å². The van der Waals surface area contributed by atoms with Gasteiger partial charge in [-0.25, -0.2) is 19.7 Å². The quantitative estimate of drug-likeness (QED) is 0.0278. The van der Waals surface area contributed by atoms with Crippen molar-refractivity contribution in [2.24, 2.45) is 23.7 Å². The van der Waals surface area contributed by atoms with Crippen molar-refractivity contribution in [1.29, 1.82) is 0 Å². The number of aliphatic hydroxyl groups is 1.